The summed E-state index contributed by atoms with van der Waals surface area (Å²) in [5.74, 6) is -0.345. The lowest BCUT2D eigenvalue weighted by Crippen LogP contribution is -2.45. The predicted octanol–water partition coefficient (Wildman–Crippen LogP) is -0.183. The van der Waals surface area contributed by atoms with Crippen LogP contribution in [0.2, 0.25) is 0 Å². The molecule has 2 atom stereocenters. The van der Waals surface area contributed by atoms with Crippen molar-refractivity contribution in [1.82, 2.24) is 5.32 Å². The highest BCUT2D eigenvalue weighted by atomic mass is 35.5. The fraction of sp³-hybridized carbons (Fsp3) is 0.857. The molecule has 0 unspecified atom stereocenters. The number of rotatable bonds is 3. The number of carbonyl (C=O) groups excluding carboxylic acids is 1. The van der Waals surface area contributed by atoms with Gasteiger partial charge in [0.25, 0.3) is 5.91 Å². The van der Waals surface area contributed by atoms with Crippen molar-refractivity contribution in [3.63, 3.8) is 0 Å². The zero-order valence-electron chi connectivity index (χ0n) is 7.40. The van der Waals surface area contributed by atoms with Crippen LogP contribution in [0, 0.1) is 0 Å². The molecule has 0 heterocycles. The first kappa shape index (κ1) is 15.4. The van der Waals surface area contributed by atoms with Crippen molar-refractivity contribution in [2.24, 2.45) is 5.73 Å². The Kier molecular flexibility index (Phi) is 7.64. The highest BCUT2D eigenvalue weighted by molar-refractivity contribution is 5.85. The number of nitrogens with one attached hydrogen (secondary N) is 1. The molecule has 0 aromatic heterocycles. The number of halogens is 2. The molecule has 1 amide bonds. The molecule has 6 heteroatoms. The van der Waals surface area contributed by atoms with Gasteiger partial charge in [-0.05, 0) is 19.8 Å². The van der Waals surface area contributed by atoms with E-state index in [1.165, 1.54) is 0 Å². The molecular weight excluding hydrogens is 215 g/mol. The Balaban J connectivity index is 0. The molecule has 0 bridgehead atoms. The quantitative estimate of drug-likeness (QED) is 0.630. The number of aliphatic hydroxyl groups excluding tert-OH is 1. The van der Waals surface area contributed by atoms with Gasteiger partial charge >= 0.3 is 0 Å². The zero-order valence-corrected chi connectivity index (χ0v) is 9.03. The van der Waals surface area contributed by atoms with E-state index in [0.717, 1.165) is 12.8 Å². The fourth-order valence-electron chi connectivity index (χ4n) is 0.753. The van der Waals surface area contributed by atoms with Crippen LogP contribution >= 0.6 is 24.8 Å². The summed E-state index contributed by atoms with van der Waals surface area (Å²) in [7, 11) is 0. The van der Waals surface area contributed by atoms with Gasteiger partial charge < -0.3 is 16.2 Å². The number of carbonyl (C=O) groups is 1. The van der Waals surface area contributed by atoms with Gasteiger partial charge in [0, 0.05) is 12.1 Å². The van der Waals surface area contributed by atoms with Gasteiger partial charge in [-0.2, -0.15) is 0 Å². The largest absolute Gasteiger partial charge is 0.382 e. The molecule has 0 aliphatic heterocycles. The molecule has 4 N–H and O–H groups in total. The first-order chi connectivity index (χ1) is 5.11. The highest BCUT2D eigenvalue weighted by Gasteiger charge is 2.27. The summed E-state index contributed by atoms with van der Waals surface area (Å²) < 4.78 is 0. The molecule has 0 saturated heterocycles. The van der Waals surface area contributed by atoms with Crippen LogP contribution in [0.5, 0.6) is 0 Å². The van der Waals surface area contributed by atoms with Gasteiger partial charge in [-0.25, -0.2) is 0 Å². The third-order valence-electron chi connectivity index (χ3n) is 1.69. The van der Waals surface area contributed by atoms with E-state index in [-0.39, 0.29) is 36.8 Å². The number of hydrogen-bond acceptors (Lipinski definition) is 3. The smallest absolute Gasteiger partial charge is 0.250 e. The highest BCUT2D eigenvalue weighted by Crippen LogP contribution is 2.18. The average Bonchev–Trinajstić information content (AvgIpc) is 2.69. The molecule has 1 rings (SSSR count). The molecule has 0 aromatic rings. The van der Waals surface area contributed by atoms with Crippen LogP contribution in [0.3, 0.4) is 0 Å². The molecular formula is C7H16Cl2N2O2. The second kappa shape index (κ2) is 6.43. The molecule has 13 heavy (non-hydrogen) atoms. The molecule has 0 radical (unpaired) electrons. The summed E-state index contributed by atoms with van der Waals surface area (Å²) in [5.41, 5.74) is 5.32. The molecule has 0 spiro atoms. The van der Waals surface area contributed by atoms with Crippen LogP contribution in [0.15, 0.2) is 0 Å². The van der Waals surface area contributed by atoms with Crippen LogP contribution in [0.25, 0.3) is 0 Å². The summed E-state index contributed by atoms with van der Waals surface area (Å²) in [5, 5.41) is 11.8. The Bertz CT molecular complexity index is 163. The summed E-state index contributed by atoms with van der Waals surface area (Å²) in [6.07, 6.45) is 0.991. The van der Waals surface area contributed by atoms with Gasteiger partial charge in [0.2, 0.25) is 0 Å². The average molecular weight is 231 g/mol. The van der Waals surface area contributed by atoms with Crippen LogP contribution < -0.4 is 11.1 Å². The summed E-state index contributed by atoms with van der Waals surface area (Å²) in [6, 6.07) is -0.204. The normalized spacial score (nSPS) is 19.0. The zero-order chi connectivity index (χ0) is 8.43. The third-order valence-corrected chi connectivity index (χ3v) is 1.69. The van der Waals surface area contributed by atoms with E-state index in [2.05, 4.69) is 5.32 Å². The van der Waals surface area contributed by atoms with Crippen molar-refractivity contribution in [3.8, 4) is 0 Å². The lowest BCUT2D eigenvalue weighted by molar-refractivity contribution is -0.130. The molecule has 1 aliphatic carbocycles. The maximum atomic E-state index is 11.0. The summed E-state index contributed by atoms with van der Waals surface area (Å²) in [4.78, 5) is 11.0. The lowest BCUT2D eigenvalue weighted by Gasteiger charge is -2.13. The van der Waals surface area contributed by atoms with E-state index in [0.29, 0.717) is 0 Å². The Hall–Kier alpha value is -0.0300. The van der Waals surface area contributed by atoms with E-state index in [4.69, 9.17) is 10.8 Å². The molecule has 1 saturated carbocycles. The summed E-state index contributed by atoms with van der Waals surface area (Å²) >= 11 is 0. The number of nitrogens with two attached hydrogens (primary N) is 1. The second-order valence-corrected chi connectivity index (χ2v) is 3.09. The van der Waals surface area contributed by atoms with Gasteiger partial charge in [-0.15, -0.1) is 24.8 Å². The Morgan fingerprint density at radius 1 is 1.54 bits per heavy atom. The van der Waals surface area contributed by atoms with E-state index in [1.807, 2.05) is 0 Å². The van der Waals surface area contributed by atoms with Gasteiger partial charge in [0.15, 0.2) is 0 Å². The van der Waals surface area contributed by atoms with Crippen molar-refractivity contribution >= 4 is 30.7 Å². The van der Waals surface area contributed by atoms with Gasteiger partial charge in [0.1, 0.15) is 6.10 Å². The van der Waals surface area contributed by atoms with Gasteiger partial charge in [0.05, 0.1) is 0 Å². The van der Waals surface area contributed by atoms with E-state index in [9.17, 15) is 4.79 Å². The SMILES string of the molecule is C[C@H](N)[C@H](O)C(=O)NC1CC1.Cl.Cl. The van der Waals surface area contributed by atoms with Gasteiger partial charge in [-0.3, -0.25) is 4.79 Å². The lowest BCUT2D eigenvalue weighted by atomic mass is 10.2. The van der Waals surface area contributed by atoms with E-state index < -0.39 is 12.1 Å². The maximum absolute atomic E-state index is 11.0. The molecule has 4 nitrogen and oxygen atoms in total. The standard InChI is InChI=1S/C7H14N2O2.2ClH/c1-4(8)6(10)7(11)9-5-2-3-5;;/h4-6,10H,2-3,8H2,1H3,(H,9,11);2*1H/t4-,6-;;/m0../s1. The van der Waals surface area contributed by atoms with Crippen LogP contribution in [-0.2, 0) is 4.79 Å². The fourth-order valence-corrected chi connectivity index (χ4v) is 0.753. The monoisotopic (exact) mass is 230 g/mol. The molecule has 1 fully saturated rings. The summed E-state index contributed by atoms with van der Waals surface area (Å²) in [6.45, 7) is 1.61. The van der Waals surface area contributed by atoms with Crippen molar-refractivity contribution in [1.29, 1.82) is 0 Å². The van der Waals surface area contributed by atoms with Crippen molar-refractivity contribution in [3.05, 3.63) is 0 Å². The van der Waals surface area contributed by atoms with Crippen LogP contribution in [0.4, 0.5) is 0 Å². The van der Waals surface area contributed by atoms with Crippen molar-refractivity contribution in [2.45, 2.75) is 38.0 Å². The molecule has 1 aliphatic rings. The first-order valence-corrected chi connectivity index (χ1v) is 3.85. The Morgan fingerprint density at radius 2 is 2.00 bits per heavy atom. The predicted molar refractivity (Wildman–Crippen MR) is 55.3 cm³/mol. The minimum Gasteiger partial charge on any atom is -0.382 e. The number of amides is 1. The van der Waals surface area contributed by atoms with E-state index >= 15 is 0 Å². The van der Waals surface area contributed by atoms with Crippen LogP contribution in [-0.4, -0.2) is 29.2 Å². The van der Waals surface area contributed by atoms with Gasteiger partial charge in [-0.1, -0.05) is 0 Å². The Labute approximate surface area is 90.1 Å². The van der Waals surface area contributed by atoms with Crippen molar-refractivity contribution < 1.29 is 9.90 Å². The number of aliphatic hydroxyl groups is 1. The minimum absolute atomic E-state index is 0. The maximum Gasteiger partial charge on any atom is 0.250 e. The third kappa shape index (κ3) is 5.31. The second-order valence-electron chi connectivity index (χ2n) is 3.09. The molecule has 80 valence electrons. The minimum atomic E-state index is -1.06. The first-order valence-electron chi connectivity index (χ1n) is 3.85. The molecule has 0 aromatic carbocycles. The van der Waals surface area contributed by atoms with Crippen molar-refractivity contribution in [2.75, 3.05) is 0 Å². The topological polar surface area (TPSA) is 75.3 Å². The Morgan fingerprint density at radius 3 is 2.31 bits per heavy atom. The number of hydrogen-bond donors (Lipinski definition) is 3. The van der Waals surface area contributed by atoms with Crippen LogP contribution in [0.1, 0.15) is 19.8 Å². The van der Waals surface area contributed by atoms with E-state index in [1.54, 1.807) is 6.92 Å².